The van der Waals surface area contributed by atoms with E-state index in [9.17, 15) is 14.9 Å². The van der Waals surface area contributed by atoms with Crippen LogP contribution in [0.4, 0.5) is 5.69 Å². The van der Waals surface area contributed by atoms with Gasteiger partial charge in [-0.1, -0.05) is 12.1 Å². The Kier molecular flexibility index (Phi) is 5.51. The maximum absolute atomic E-state index is 11.9. The van der Waals surface area contributed by atoms with E-state index in [-0.39, 0.29) is 11.4 Å². The van der Waals surface area contributed by atoms with Crippen molar-refractivity contribution < 1.29 is 23.9 Å². The van der Waals surface area contributed by atoms with Gasteiger partial charge in [0.15, 0.2) is 0 Å². The highest BCUT2D eigenvalue weighted by atomic mass is 16.6. The van der Waals surface area contributed by atoms with Gasteiger partial charge in [-0.2, -0.15) is 0 Å². The molecule has 0 aromatic heterocycles. The molecule has 0 aliphatic rings. The molecule has 124 valence electrons. The lowest BCUT2D eigenvalue weighted by atomic mass is 10.2. The molecule has 0 unspecified atom stereocenters. The van der Waals surface area contributed by atoms with E-state index >= 15 is 0 Å². The van der Waals surface area contributed by atoms with Gasteiger partial charge in [-0.05, 0) is 35.9 Å². The van der Waals surface area contributed by atoms with Crippen LogP contribution in [0.15, 0.2) is 48.5 Å². The van der Waals surface area contributed by atoms with Crippen molar-refractivity contribution in [1.29, 1.82) is 0 Å². The van der Waals surface area contributed by atoms with Crippen molar-refractivity contribution in [2.24, 2.45) is 0 Å². The lowest BCUT2D eigenvalue weighted by Crippen LogP contribution is -2.06. The molecule has 0 heterocycles. The standard InChI is InChI=1S/C17H15NO6/c1-22-13-5-3-4-12(10-13)6-9-17(19)24-16-8-7-14(23-2)11-15(16)18(20)21/h3-11H,1-2H3/b9-6+. The predicted molar refractivity (Wildman–Crippen MR) is 87.3 cm³/mol. The second kappa shape index (κ2) is 7.77. The van der Waals surface area contributed by atoms with Crippen molar-refractivity contribution in [2.75, 3.05) is 14.2 Å². The molecular formula is C17H15NO6. The number of carbonyl (C=O) groups excluding carboxylic acids is 1. The molecule has 0 spiro atoms. The number of benzene rings is 2. The van der Waals surface area contributed by atoms with E-state index in [1.54, 1.807) is 31.4 Å². The Morgan fingerprint density at radius 3 is 2.46 bits per heavy atom. The number of methoxy groups -OCH3 is 2. The average Bonchev–Trinajstić information content (AvgIpc) is 2.60. The summed E-state index contributed by atoms with van der Waals surface area (Å²) in [6.07, 6.45) is 2.71. The summed E-state index contributed by atoms with van der Waals surface area (Å²) in [6, 6.07) is 11.0. The third-order valence-corrected chi connectivity index (χ3v) is 3.08. The van der Waals surface area contributed by atoms with E-state index in [4.69, 9.17) is 14.2 Å². The molecule has 0 amide bonds. The number of carbonyl (C=O) groups is 1. The van der Waals surface area contributed by atoms with E-state index in [1.165, 1.54) is 37.5 Å². The predicted octanol–water partition coefficient (Wildman–Crippen LogP) is 3.23. The van der Waals surface area contributed by atoms with Crippen LogP contribution in [0.1, 0.15) is 5.56 Å². The molecule has 0 radical (unpaired) electrons. The quantitative estimate of drug-likeness (QED) is 0.266. The number of rotatable bonds is 6. The lowest BCUT2D eigenvalue weighted by molar-refractivity contribution is -0.385. The van der Waals surface area contributed by atoms with Gasteiger partial charge in [0.05, 0.1) is 25.2 Å². The van der Waals surface area contributed by atoms with E-state index < -0.39 is 10.9 Å². The maximum Gasteiger partial charge on any atom is 0.336 e. The topological polar surface area (TPSA) is 87.9 Å². The Labute approximate surface area is 138 Å². The first-order valence-corrected chi connectivity index (χ1v) is 6.90. The largest absolute Gasteiger partial charge is 0.497 e. The Balaban J connectivity index is 2.14. The first-order chi connectivity index (χ1) is 11.5. The van der Waals surface area contributed by atoms with Gasteiger partial charge in [-0.15, -0.1) is 0 Å². The maximum atomic E-state index is 11.9. The van der Waals surface area contributed by atoms with Crippen LogP contribution in [0.5, 0.6) is 17.2 Å². The molecule has 0 saturated heterocycles. The SMILES string of the molecule is COc1cccc(/C=C/C(=O)Oc2ccc(OC)cc2[N+](=O)[O-])c1. The van der Waals surface area contributed by atoms with Crippen LogP contribution in [0.2, 0.25) is 0 Å². The number of ether oxygens (including phenoxy) is 3. The van der Waals surface area contributed by atoms with Crippen molar-refractivity contribution in [1.82, 2.24) is 0 Å². The summed E-state index contributed by atoms with van der Waals surface area (Å²) >= 11 is 0. The fourth-order valence-corrected chi connectivity index (χ4v) is 1.90. The van der Waals surface area contributed by atoms with E-state index in [0.717, 1.165) is 5.56 Å². The highest BCUT2D eigenvalue weighted by Crippen LogP contribution is 2.31. The van der Waals surface area contributed by atoms with Crippen LogP contribution >= 0.6 is 0 Å². The van der Waals surface area contributed by atoms with Crippen molar-refractivity contribution in [3.8, 4) is 17.2 Å². The second-order valence-corrected chi connectivity index (χ2v) is 4.62. The van der Waals surface area contributed by atoms with Crippen LogP contribution in [-0.2, 0) is 4.79 Å². The molecule has 2 aromatic carbocycles. The highest BCUT2D eigenvalue weighted by Gasteiger charge is 2.18. The summed E-state index contributed by atoms with van der Waals surface area (Å²) in [5.41, 5.74) is 0.382. The van der Waals surface area contributed by atoms with Gasteiger partial charge < -0.3 is 14.2 Å². The van der Waals surface area contributed by atoms with Gasteiger partial charge in [0.25, 0.3) is 0 Å². The minimum absolute atomic E-state index is 0.152. The third-order valence-electron chi connectivity index (χ3n) is 3.08. The molecule has 2 aromatic rings. The smallest absolute Gasteiger partial charge is 0.336 e. The van der Waals surface area contributed by atoms with Crippen LogP contribution in [0.25, 0.3) is 6.08 Å². The molecule has 0 saturated carbocycles. The summed E-state index contributed by atoms with van der Waals surface area (Å²) < 4.78 is 15.0. The molecule has 0 atom stereocenters. The van der Waals surface area contributed by atoms with Crippen molar-refractivity contribution in [3.05, 3.63) is 64.2 Å². The summed E-state index contributed by atoms with van der Waals surface area (Å²) in [5, 5.41) is 11.0. The van der Waals surface area contributed by atoms with Crippen LogP contribution in [-0.4, -0.2) is 25.1 Å². The Morgan fingerprint density at radius 2 is 1.79 bits per heavy atom. The van der Waals surface area contributed by atoms with E-state index in [1.807, 2.05) is 0 Å². The highest BCUT2D eigenvalue weighted by molar-refractivity contribution is 5.89. The summed E-state index contributed by atoms with van der Waals surface area (Å²) in [4.78, 5) is 22.3. The first kappa shape index (κ1) is 17.0. The fourth-order valence-electron chi connectivity index (χ4n) is 1.90. The molecule has 24 heavy (non-hydrogen) atoms. The number of esters is 1. The normalized spacial score (nSPS) is 10.4. The Bertz CT molecular complexity index is 784. The zero-order valence-electron chi connectivity index (χ0n) is 13.1. The zero-order valence-corrected chi connectivity index (χ0v) is 13.1. The van der Waals surface area contributed by atoms with Gasteiger partial charge in [0.1, 0.15) is 11.5 Å². The van der Waals surface area contributed by atoms with Gasteiger partial charge in [-0.3, -0.25) is 10.1 Å². The molecule has 0 N–H and O–H groups in total. The molecule has 0 aliphatic carbocycles. The number of nitro groups is 1. The number of nitrogens with zero attached hydrogens (tertiary/aromatic N) is 1. The van der Waals surface area contributed by atoms with Gasteiger partial charge in [-0.25, -0.2) is 4.79 Å². The zero-order chi connectivity index (χ0) is 17.5. The van der Waals surface area contributed by atoms with Crippen LogP contribution in [0.3, 0.4) is 0 Å². The number of hydrogen-bond acceptors (Lipinski definition) is 6. The van der Waals surface area contributed by atoms with Gasteiger partial charge >= 0.3 is 11.7 Å². The molecular weight excluding hydrogens is 314 g/mol. The monoisotopic (exact) mass is 329 g/mol. The number of nitro benzene ring substituents is 1. The molecule has 2 rings (SSSR count). The van der Waals surface area contributed by atoms with Crippen molar-refractivity contribution in [2.45, 2.75) is 0 Å². The van der Waals surface area contributed by atoms with E-state index in [0.29, 0.717) is 11.5 Å². The van der Waals surface area contributed by atoms with Gasteiger partial charge in [0, 0.05) is 6.08 Å². The first-order valence-electron chi connectivity index (χ1n) is 6.90. The summed E-state index contributed by atoms with van der Waals surface area (Å²) in [5.74, 6) is 0.0666. The van der Waals surface area contributed by atoms with Crippen molar-refractivity contribution in [3.63, 3.8) is 0 Å². The molecule has 0 bridgehead atoms. The lowest BCUT2D eigenvalue weighted by Gasteiger charge is -2.05. The Hall–Kier alpha value is -3.35. The molecule has 7 heteroatoms. The summed E-state index contributed by atoms with van der Waals surface area (Å²) in [7, 11) is 2.93. The molecule has 7 nitrogen and oxygen atoms in total. The van der Waals surface area contributed by atoms with Crippen molar-refractivity contribution >= 4 is 17.7 Å². The van der Waals surface area contributed by atoms with Gasteiger partial charge in [0.2, 0.25) is 5.75 Å². The van der Waals surface area contributed by atoms with Crippen LogP contribution in [0, 0.1) is 10.1 Å². The minimum Gasteiger partial charge on any atom is -0.497 e. The fraction of sp³-hybridized carbons (Fsp3) is 0.118. The average molecular weight is 329 g/mol. The minimum atomic E-state index is -0.730. The summed E-state index contributed by atoms with van der Waals surface area (Å²) in [6.45, 7) is 0. The Morgan fingerprint density at radius 1 is 1.08 bits per heavy atom. The van der Waals surface area contributed by atoms with Crippen LogP contribution < -0.4 is 14.2 Å². The third kappa shape index (κ3) is 4.33. The molecule has 0 aliphatic heterocycles. The number of hydrogen-bond donors (Lipinski definition) is 0. The molecule has 0 fully saturated rings. The van der Waals surface area contributed by atoms with E-state index in [2.05, 4.69) is 0 Å². The second-order valence-electron chi connectivity index (χ2n) is 4.62.